The highest BCUT2D eigenvalue weighted by molar-refractivity contribution is 9.10. The molecule has 2 aromatic carbocycles. The molecule has 7 heteroatoms. The van der Waals surface area contributed by atoms with E-state index in [4.69, 9.17) is 23.2 Å². The summed E-state index contributed by atoms with van der Waals surface area (Å²) >= 11 is 16.9. The summed E-state index contributed by atoms with van der Waals surface area (Å²) in [5.41, 5.74) is 2.91. The maximum absolute atomic E-state index is 9.44. The van der Waals surface area contributed by atoms with Gasteiger partial charge in [0, 0.05) is 26.6 Å². The van der Waals surface area contributed by atoms with Crippen LogP contribution in [0.5, 0.6) is 0 Å². The van der Waals surface area contributed by atoms with Crippen LogP contribution in [0.4, 0.5) is 5.69 Å². The molecule has 0 saturated heterocycles. The van der Waals surface area contributed by atoms with E-state index in [0.717, 1.165) is 15.7 Å². The number of nitriles is 1. The van der Waals surface area contributed by atoms with Gasteiger partial charge in [-0.05, 0) is 30.3 Å². The first-order valence-electron chi connectivity index (χ1n) is 7.10. The summed E-state index contributed by atoms with van der Waals surface area (Å²) in [5.74, 6) is 0. The standard InChI is InChI=1S/C18H10BrCl2N3S/c19-13-3-1-2-11(6-13)17-10-25-18(24-17)12(8-22)9-23-16-5-4-14(20)7-15(16)21/h1-7,9-10,23H. The van der Waals surface area contributed by atoms with Crippen molar-refractivity contribution >= 4 is 61.7 Å². The molecule has 0 radical (unpaired) electrons. The number of rotatable bonds is 4. The Hall–Kier alpha value is -1.84. The number of halogens is 3. The van der Waals surface area contributed by atoms with E-state index in [1.165, 1.54) is 11.3 Å². The first-order valence-corrected chi connectivity index (χ1v) is 9.53. The van der Waals surface area contributed by atoms with Crippen LogP contribution in [0, 0.1) is 11.3 Å². The average Bonchev–Trinajstić information content (AvgIpc) is 3.07. The number of allylic oxidation sites excluding steroid dienone is 1. The van der Waals surface area contributed by atoms with Crippen LogP contribution in [0.1, 0.15) is 5.01 Å². The van der Waals surface area contributed by atoms with Crippen molar-refractivity contribution in [1.82, 2.24) is 4.98 Å². The van der Waals surface area contributed by atoms with Gasteiger partial charge in [-0.3, -0.25) is 0 Å². The predicted octanol–water partition coefficient (Wildman–Crippen LogP) is 6.86. The molecule has 3 rings (SSSR count). The fourth-order valence-corrected chi connectivity index (χ4v) is 3.73. The number of hydrogen-bond acceptors (Lipinski definition) is 4. The minimum Gasteiger partial charge on any atom is -0.359 e. The van der Waals surface area contributed by atoms with Crippen molar-refractivity contribution in [3.8, 4) is 17.3 Å². The van der Waals surface area contributed by atoms with Gasteiger partial charge in [-0.1, -0.05) is 51.3 Å². The Balaban J connectivity index is 1.85. The largest absolute Gasteiger partial charge is 0.359 e. The molecule has 0 saturated carbocycles. The zero-order valence-corrected chi connectivity index (χ0v) is 16.5. The van der Waals surface area contributed by atoms with Gasteiger partial charge in [-0.25, -0.2) is 4.98 Å². The van der Waals surface area contributed by atoms with Crippen molar-refractivity contribution in [2.75, 3.05) is 5.32 Å². The molecule has 25 heavy (non-hydrogen) atoms. The fraction of sp³-hybridized carbons (Fsp3) is 0. The molecule has 3 aromatic rings. The van der Waals surface area contributed by atoms with E-state index >= 15 is 0 Å². The number of benzene rings is 2. The van der Waals surface area contributed by atoms with Crippen LogP contribution in [0.3, 0.4) is 0 Å². The van der Waals surface area contributed by atoms with Gasteiger partial charge in [0.25, 0.3) is 0 Å². The van der Waals surface area contributed by atoms with Gasteiger partial charge in [0.2, 0.25) is 0 Å². The minimum absolute atomic E-state index is 0.428. The molecule has 0 unspecified atom stereocenters. The third-order valence-corrected chi connectivity index (χ3v) is 5.20. The predicted molar refractivity (Wildman–Crippen MR) is 109 cm³/mol. The van der Waals surface area contributed by atoms with E-state index in [1.807, 2.05) is 29.6 Å². The summed E-state index contributed by atoms with van der Waals surface area (Å²) in [4.78, 5) is 4.55. The van der Waals surface area contributed by atoms with Gasteiger partial charge < -0.3 is 5.32 Å². The zero-order valence-electron chi connectivity index (χ0n) is 12.6. The van der Waals surface area contributed by atoms with Crippen LogP contribution in [0.25, 0.3) is 16.8 Å². The van der Waals surface area contributed by atoms with Crippen molar-refractivity contribution in [1.29, 1.82) is 5.26 Å². The Labute approximate surface area is 167 Å². The lowest BCUT2D eigenvalue weighted by Gasteiger charge is -2.04. The molecule has 1 heterocycles. The lowest BCUT2D eigenvalue weighted by molar-refractivity contribution is 1.36. The topological polar surface area (TPSA) is 48.7 Å². The van der Waals surface area contributed by atoms with Gasteiger partial charge in [0.1, 0.15) is 16.6 Å². The molecular weight excluding hydrogens is 441 g/mol. The smallest absolute Gasteiger partial charge is 0.136 e. The number of aromatic nitrogens is 1. The highest BCUT2D eigenvalue weighted by Gasteiger charge is 2.09. The Morgan fingerprint density at radius 3 is 2.80 bits per heavy atom. The number of nitrogens with zero attached hydrogens (tertiary/aromatic N) is 2. The van der Waals surface area contributed by atoms with Gasteiger partial charge >= 0.3 is 0 Å². The monoisotopic (exact) mass is 449 g/mol. The molecule has 3 nitrogen and oxygen atoms in total. The molecule has 0 aliphatic rings. The van der Waals surface area contributed by atoms with E-state index in [-0.39, 0.29) is 0 Å². The van der Waals surface area contributed by atoms with Crippen molar-refractivity contribution in [2.24, 2.45) is 0 Å². The minimum atomic E-state index is 0.428. The van der Waals surface area contributed by atoms with Crippen LogP contribution in [0.15, 0.2) is 58.5 Å². The molecule has 124 valence electrons. The third kappa shape index (κ3) is 4.42. The summed E-state index contributed by atoms with van der Waals surface area (Å²) in [6.45, 7) is 0. The summed E-state index contributed by atoms with van der Waals surface area (Å²) in [5, 5.41) is 16.1. The number of nitrogens with one attached hydrogen (secondary N) is 1. The normalized spacial score (nSPS) is 11.2. The lowest BCUT2D eigenvalue weighted by Crippen LogP contribution is -1.92. The second kappa shape index (κ2) is 8.03. The molecule has 0 bridgehead atoms. The number of hydrogen-bond donors (Lipinski definition) is 1. The zero-order chi connectivity index (χ0) is 17.8. The van der Waals surface area contributed by atoms with E-state index in [0.29, 0.717) is 26.3 Å². The van der Waals surface area contributed by atoms with E-state index < -0.39 is 0 Å². The maximum atomic E-state index is 9.44. The van der Waals surface area contributed by atoms with Crippen molar-refractivity contribution in [3.63, 3.8) is 0 Å². The van der Waals surface area contributed by atoms with E-state index in [9.17, 15) is 5.26 Å². The highest BCUT2D eigenvalue weighted by Crippen LogP contribution is 2.29. The first-order chi connectivity index (χ1) is 12.1. The number of thiazole rings is 1. The molecule has 0 fully saturated rings. The maximum Gasteiger partial charge on any atom is 0.136 e. The van der Waals surface area contributed by atoms with Crippen LogP contribution < -0.4 is 5.32 Å². The molecule has 0 amide bonds. The second-order valence-corrected chi connectivity index (χ2v) is 7.60. The summed E-state index contributed by atoms with van der Waals surface area (Å²) < 4.78 is 0.981. The summed E-state index contributed by atoms with van der Waals surface area (Å²) in [6, 6.07) is 15.2. The van der Waals surface area contributed by atoms with Crippen LogP contribution in [-0.4, -0.2) is 4.98 Å². The Kier molecular flexibility index (Phi) is 5.77. The van der Waals surface area contributed by atoms with Gasteiger partial charge in [-0.15, -0.1) is 11.3 Å². The Bertz CT molecular complexity index is 992. The summed E-state index contributed by atoms with van der Waals surface area (Å²) in [7, 11) is 0. The molecule has 0 aliphatic carbocycles. The quantitative estimate of drug-likeness (QED) is 0.441. The second-order valence-electron chi connectivity index (χ2n) is 4.99. The van der Waals surface area contributed by atoms with Crippen LogP contribution in [0.2, 0.25) is 10.0 Å². The molecule has 1 N–H and O–H groups in total. The van der Waals surface area contributed by atoms with Crippen molar-refractivity contribution in [2.45, 2.75) is 0 Å². The molecule has 0 atom stereocenters. The molecular formula is C18H10BrCl2N3S. The van der Waals surface area contributed by atoms with E-state index in [2.05, 4.69) is 32.3 Å². The summed E-state index contributed by atoms with van der Waals surface area (Å²) in [6.07, 6.45) is 1.60. The Morgan fingerprint density at radius 2 is 2.08 bits per heavy atom. The van der Waals surface area contributed by atoms with E-state index in [1.54, 1.807) is 24.4 Å². The van der Waals surface area contributed by atoms with Gasteiger partial charge in [0.15, 0.2) is 0 Å². The molecule has 0 aliphatic heterocycles. The highest BCUT2D eigenvalue weighted by atomic mass is 79.9. The van der Waals surface area contributed by atoms with Crippen LogP contribution >= 0.6 is 50.5 Å². The third-order valence-electron chi connectivity index (χ3n) is 3.28. The molecule has 1 aromatic heterocycles. The van der Waals surface area contributed by atoms with Gasteiger partial charge in [0.05, 0.1) is 16.4 Å². The number of anilines is 1. The first kappa shape index (κ1) is 18.0. The Morgan fingerprint density at radius 1 is 1.24 bits per heavy atom. The van der Waals surface area contributed by atoms with Gasteiger partial charge in [-0.2, -0.15) is 5.26 Å². The SMILES string of the molecule is N#CC(=CNc1ccc(Cl)cc1Cl)c1nc(-c2cccc(Br)c2)cs1. The van der Waals surface area contributed by atoms with Crippen molar-refractivity contribution in [3.05, 3.63) is 73.6 Å². The van der Waals surface area contributed by atoms with Crippen molar-refractivity contribution < 1.29 is 0 Å². The lowest BCUT2D eigenvalue weighted by atomic mass is 10.2. The van der Waals surface area contributed by atoms with Crippen LogP contribution in [-0.2, 0) is 0 Å². The average molecular weight is 451 g/mol. The fourth-order valence-electron chi connectivity index (χ4n) is 2.08. The molecule has 0 spiro atoms.